The zero-order chi connectivity index (χ0) is 12.9. The summed E-state index contributed by atoms with van der Waals surface area (Å²) >= 11 is 0. The first kappa shape index (κ1) is 11.8. The molecule has 18 heavy (non-hydrogen) atoms. The Labute approximate surface area is 109 Å². The van der Waals surface area contributed by atoms with E-state index >= 15 is 0 Å². The van der Waals surface area contributed by atoms with Gasteiger partial charge < -0.3 is 9.47 Å². The average Bonchev–Trinajstić information content (AvgIpc) is 2.69. The van der Waals surface area contributed by atoms with Crippen molar-refractivity contribution >= 4 is 5.76 Å². The lowest BCUT2D eigenvalue weighted by Gasteiger charge is -2.36. The molecule has 0 saturated heterocycles. The highest BCUT2D eigenvalue weighted by molar-refractivity contribution is 5.67. The summed E-state index contributed by atoms with van der Waals surface area (Å²) in [5.41, 5.74) is 5.40. The summed E-state index contributed by atoms with van der Waals surface area (Å²) in [6.45, 7) is 12.1. The Bertz CT molecular complexity index is 509. The molecule has 1 aromatic rings. The van der Waals surface area contributed by atoms with E-state index in [0.29, 0.717) is 6.61 Å². The molecule has 0 saturated carbocycles. The van der Waals surface area contributed by atoms with Crippen LogP contribution in [0, 0.1) is 5.41 Å². The Morgan fingerprint density at radius 3 is 2.72 bits per heavy atom. The number of benzene rings is 1. The van der Waals surface area contributed by atoms with Crippen LogP contribution in [0.5, 0.6) is 0 Å². The summed E-state index contributed by atoms with van der Waals surface area (Å²) in [5, 5.41) is 0. The molecule has 2 aliphatic heterocycles. The molecule has 0 fully saturated rings. The van der Waals surface area contributed by atoms with Crippen LogP contribution < -0.4 is 0 Å². The first-order valence-electron chi connectivity index (χ1n) is 6.57. The van der Waals surface area contributed by atoms with Crippen molar-refractivity contribution in [2.45, 2.75) is 39.9 Å². The molecule has 2 aliphatic rings. The first-order chi connectivity index (χ1) is 8.48. The number of hydrogen-bond acceptors (Lipinski definition) is 2. The fourth-order valence-electron chi connectivity index (χ4n) is 3.00. The molecule has 1 aromatic carbocycles. The van der Waals surface area contributed by atoms with Crippen molar-refractivity contribution in [3.63, 3.8) is 0 Å². The molecule has 1 unspecified atom stereocenters. The molecule has 0 aromatic heterocycles. The van der Waals surface area contributed by atoms with Crippen molar-refractivity contribution < 1.29 is 9.47 Å². The molecule has 0 amide bonds. The van der Waals surface area contributed by atoms with Gasteiger partial charge in [0.25, 0.3) is 0 Å². The molecule has 2 nitrogen and oxygen atoms in total. The van der Waals surface area contributed by atoms with Crippen molar-refractivity contribution in [1.29, 1.82) is 0 Å². The van der Waals surface area contributed by atoms with E-state index in [0.717, 1.165) is 18.8 Å². The minimum atomic E-state index is 0.125. The van der Waals surface area contributed by atoms with Gasteiger partial charge in [0, 0.05) is 11.1 Å². The molecule has 2 heterocycles. The maximum atomic E-state index is 5.99. The van der Waals surface area contributed by atoms with Gasteiger partial charge in [0.15, 0.2) is 0 Å². The molecule has 3 rings (SSSR count). The maximum absolute atomic E-state index is 5.99. The van der Waals surface area contributed by atoms with E-state index < -0.39 is 0 Å². The molecule has 1 atom stereocenters. The van der Waals surface area contributed by atoms with Gasteiger partial charge in [-0.1, -0.05) is 39.5 Å². The maximum Gasteiger partial charge on any atom is 0.120 e. The van der Waals surface area contributed by atoms with Crippen LogP contribution >= 0.6 is 0 Å². The smallest absolute Gasteiger partial charge is 0.120 e. The Kier molecular flexibility index (Phi) is 2.53. The monoisotopic (exact) mass is 244 g/mol. The van der Waals surface area contributed by atoms with E-state index in [2.05, 4.69) is 39.5 Å². The van der Waals surface area contributed by atoms with Crippen molar-refractivity contribution in [2.75, 3.05) is 6.61 Å². The number of fused-ring (bicyclic) bond motifs is 3. The summed E-state index contributed by atoms with van der Waals surface area (Å²) in [6.07, 6.45) is 1.17. The standard InChI is InChI=1S/C16H20O2/c1-10-11-5-6-13-12(14(11)9-18-10)7-8-17-15(13)16(2,3)4/h5-6,15H,1,7-9H2,2-4H3. The van der Waals surface area contributed by atoms with Crippen LogP contribution in [-0.2, 0) is 22.5 Å². The number of hydrogen-bond donors (Lipinski definition) is 0. The zero-order valence-corrected chi connectivity index (χ0v) is 11.4. The summed E-state index contributed by atoms with van der Waals surface area (Å²) in [5.74, 6) is 0.812. The third-order valence-corrected chi connectivity index (χ3v) is 3.86. The lowest BCUT2D eigenvalue weighted by atomic mass is 9.79. The zero-order valence-electron chi connectivity index (χ0n) is 11.4. The van der Waals surface area contributed by atoms with Gasteiger partial charge in [-0.25, -0.2) is 0 Å². The SMILES string of the molecule is C=C1OCc2c1ccc1c2CCOC1C(C)(C)C. The Morgan fingerprint density at radius 2 is 2.00 bits per heavy atom. The number of ether oxygens (including phenoxy) is 2. The van der Waals surface area contributed by atoms with Crippen LogP contribution in [0.1, 0.15) is 49.1 Å². The fourth-order valence-corrected chi connectivity index (χ4v) is 3.00. The summed E-state index contributed by atoms with van der Waals surface area (Å²) < 4.78 is 11.6. The largest absolute Gasteiger partial charge is 0.489 e. The highest BCUT2D eigenvalue weighted by Gasteiger charge is 2.34. The average molecular weight is 244 g/mol. The molecule has 0 spiro atoms. The molecular weight excluding hydrogens is 224 g/mol. The van der Waals surface area contributed by atoms with E-state index in [1.807, 2.05) is 0 Å². The van der Waals surface area contributed by atoms with E-state index in [1.54, 1.807) is 0 Å². The van der Waals surface area contributed by atoms with E-state index in [9.17, 15) is 0 Å². The second kappa shape index (κ2) is 3.86. The third kappa shape index (κ3) is 1.67. The fraction of sp³-hybridized carbons (Fsp3) is 0.500. The Morgan fingerprint density at radius 1 is 1.22 bits per heavy atom. The van der Waals surface area contributed by atoms with Crippen molar-refractivity contribution in [3.05, 3.63) is 41.0 Å². The van der Waals surface area contributed by atoms with Gasteiger partial charge >= 0.3 is 0 Å². The van der Waals surface area contributed by atoms with Gasteiger partial charge in [-0.3, -0.25) is 0 Å². The van der Waals surface area contributed by atoms with Crippen molar-refractivity contribution in [1.82, 2.24) is 0 Å². The molecular formula is C16H20O2. The van der Waals surface area contributed by atoms with Crippen molar-refractivity contribution in [3.8, 4) is 0 Å². The summed E-state index contributed by atoms with van der Waals surface area (Å²) in [7, 11) is 0. The molecule has 2 heteroatoms. The third-order valence-electron chi connectivity index (χ3n) is 3.86. The van der Waals surface area contributed by atoms with Crippen LogP contribution in [0.3, 0.4) is 0 Å². The molecule has 0 radical (unpaired) electrons. The van der Waals surface area contributed by atoms with E-state index in [1.165, 1.54) is 22.3 Å². The van der Waals surface area contributed by atoms with Gasteiger partial charge in [0.2, 0.25) is 0 Å². The Balaban J connectivity index is 2.13. The predicted octanol–water partition coefficient (Wildman–Crippen LogP) is 3.85. The second-order valence-electron chi connectivity index (χ2n) is 6.24. The topological polar surface area (TPSA) is 18.5 Å². The quantitative estimate of drug-likeness (QED) is 0.690. The van der Waals surface area contributed by atoms with Crippen LogP contribution in [-0.4, -0.2) is 6.61 Å². The van der Waals surface area contributed by atoms with Crippen LogP contribution in [0.15, 0.2) is 18.7 Å². The summed E-state index contributed by atoms with van der Waals surface area (Å²) in [4.78, 5) is 0. The normalized spacial score (nSPS) is 22.4. The highest BCUT2D eigenvalue weighted by Crippen LogP contribution is 2.44. The summed E-state index contributed by atoms with van der Waals surface area (Å²) in [6, 6.07) is 4.33. The van der Waals surface area contributed by atoms with E-state index in [4.69, 9.17) is 9.47 Å². The van der Waals surface area contributed by atoms with Crippen LogP contribution in [0.25, 0.3) is 5.76 Å². The van der Waals surface area contributed by atoms with Crippen LogP contribution in [0.4, 0.5) is 0 Å². The lowest BCUT2D eigenvalue weighted by molar-refractivity contribution is -0.0288. The molecule has 0 bridgehead atoms. The van der Waals surface area contributed by atoms with Gasteiger partial charge in [-0.15, -0.1) is 0 Å². The van der Waals surface area contributed by atoms with Gasteiger partial charge in [0.1, 0.15) is 12.4 Å². The first-order valence-corrected chi connectivity index (χ1v) is 6.57. The highest BCUT2D eigenvalue weighted by atomic mass is 16.5. The molecule has 0 N–H and O–H groups in total. The Hall–Kier alpha value is -1.28. The van der Waals surface area contributed by atoms with Gasteiger partial charge in [0.05, 0.1) is 12.7 Å². The van der Waals surface area contributed by atoms with Gasteiger partial charge in [-0.05, 0) is 23.0 Å². The van der Waals surface area contributed by atoms with Gasteiger partial charge in [-0.2, -0.15) is 0 Å². The lowest BCUT2D eigenvalue weighted by Crippen LogP contribution is -2.28. The number of rotatable bonds is 0. The second-order valence-corrected chi connectivity index (χ2v) is 6.24. The minimum absolute atomic E-state index is 0.125. The predicted molar refractivity (Wildman–Crippen MR) is 72.1 cm³/mol. The van der Waals surface area contributed by atoms with E-state index in [-0.39, 0.29) is 11.5 Å². The van der Waals surface area contributed by atoms with Crippen LogP contribution in [0.2, 0.25) is 0 Å². The molecule has 96 valence electrons. The van der Waals surface area contributed by atoms with Crippen molar-refractivity contribution in [2.24, 2.45) is 5.41 Å². The molecule has 0 aliphatic carbocycles. The minimum Gasteiger partial charge on any atom is -0.489 e.